The number of benzene rings is 2. The molecule has 37 heavy (non-hydrogen) atoms. The van der Waals surface area contributed by atoms with Gasteiger partial charge in [-0.3, -0.25) is 0 Å². The second-order valence-electron chi connectivity index (χ2n) is 9.98. The Balaban J connectivity index is 1.62. The Morgan fingerprint density at radius 1 is 1.08 bits per heavy atom. The molecule has 0 aliphatic carbocycles. The summed E-state index contributed by atoms with van der Waals surface area (Å²) in [6.45, 7) is 8.26. The summed E-state index contributed by atoms with van der Waals surface area (Å²) in [5.74, 6) is -2.99. The van der Waals surface area contributed by atoms with E-state index in [2.05, 4.69) is 0 Å². The quantitative estimate of drug-likeness (QED) is 0.399. The molecule has 2 aromatic carbocycles. The maximum Gasteiger partial charge on any atom is 0.410 e. The van der Waals surface area contributed by atoms with E-state index in [1.165, 1.54) is 18.2 Å². The van der Waals surface area contributed by atoms with E-state index < -0.39 is 29.0 Å². The zero-order chi connectivity index (χ0) is 26.9. The molecular formula is C28H30F2N2O5. The maximum absolute atomic E-state index is 13.9. The fourth-order valence-corrected chi connectivity index (χ4v) is 4.57. The number of carboxylic acids is 1. The van der Waals surface area contributed by atoms with Gasteiger partial charge in [0.15, 0.2) is 17.4 Å². The molecule has 1 fully saturated rings. The first-order chi connectivity index (χ1) is 17.5. The molecule has 0 unspecified atom stereocenters. The topological polar surface area (TPSA) is 81.0 Å². The lowest BCUT2D eigenvalue weighted by Gasteiger charge is -2.24. The second-order valence-corrected chi connectivity index (χ2v) is 9.98. The molecule has 196 valence electrons. The van der Waals surface area contributed by atoms with Crippen molar-refractivity contribution in [2.75, 3.05) is 13.1 Å². The van der Waals surface area contributed by atoms with Gasteiger partial charge in [-0.2, -0.15) is 0 Å². The van der Waals surface area contributed by atoms with Crippen molar-refractivity contribution in [3.8, 4) is 22.6 Å². The summed E-state index contributed by atoms with van der Waals surface area (Å²) in [6, 6.07) is 9.75. The van der Waals surface area contributed by atoms with Gasteiger partial charge in [-0.25, -0.2) is 18.4 Å². The predicted octanol–water partition coefficient (Wildman–Crippen LogP) is 6.67. The molecule has 1 aliphatic rings. The van der Waals surface area contributed by atoms with Crippen LogP contribution < -0.4 is 4.74 Å². The molecule has 1 saturated heterocycles. The standard InChI is InChI=1S/C28H30F2N2O5/c1-5-23-24(26(33)34)20(16-32(23)18-13-14-31(15-18)27(35)37-28(2,3)4)17-9-11-19(12-10-17)36-25-21(29)7-6-8-22(25)30/h6-12,16,18H,5,13-15H2,1-4H3,(H,33,34)/t18-/m1/s1. The minimum absolute atomic E-state index is 0.0963. The first-order valence-corrected chi connectivity index (χ1v) is 12.2. The summed E-state index contributed by atoms with van der Waals surface area (Å²) >= 11 is 0. The number of hydrogen-bond donors (Lipinski definition) is 1. The molecular weight excluding hydrogens is 482 g/mol. The number of aromatic nitrogens is 1. The molecule has 0 spiro atoms. The number of aromatic carboxylic acids is 1. The third kappa shape index (κ3) is 5.60. The van der Waals surface area contributed by atoms with Crippen molar-refractivity contribution in [2.24, 2.45) is 0 Å². The molecule has 0 saturated carbocycles. The minimum Gasteiger partial charge on any atom is -0.478 e. The van der Waals surface area contributed by atoms with E-state index in [0.29, 0.717) is 42.8 Å². The van der Waals surface area contributed by atoms with Crippen molar-refractivity contribution in [3.05, 3.63) is 71.6 Å². The van der Waals surface area contributed by atoms with E-state index in [1.807, 2.05) is 32.3 Å². The summed E-state index contributed by atoms with van der Waals surface area (Å²) in [5, 5.41) is 10.1. The third-order valence-electron chi connectivity index (χ3n) is 6.20. The normalized spacial score (nSPS) is 15.6. The lowest BCUT2D eigenvalue weighted by molar-refractivity contribution is 0.0288. The molecule has 1 aromatic heterocycles. The van der Waals surface area contributed by atoms with Gasteiger partial charge >= 0.3 is 12.1 Å². The van der Waals surface area contributed by atoms with Crippen LogP contribution in [0.3, 0.4) is 0 Å². The summed E-state index contributed by atoms with van der Waals surface area (Å²) in [5.41, 5.74) is 1.38. The number of rotatable bonds is 6. The lowest BCUT2D eigenvalue weighted by atomic mass is 10.0. The van der Waals surface area contributed by atoms with E-state index in [-0.39, 0.29) is 23.4 Å². The highest BCUT2D eigenvalue weighted by atomic mass is 19.1. The summed E-state index contributed by atoms with van der Waals surface area (Å²) < 4.78 is 40.7. The number of carboxylic acid groups (broad SMARTS) is 1. The molecule has 1 N–H and O–H groups in total. The van der Waals surface area contributed by atoms with E-state index in [4.69, 9.17) is 9.47 Å². The van der Waals surface area contributed by atoms with Crippen LogP contribution in [0.25, 0.3) is 11.1 Å². The van der Waals surface area contributed by atoms with Crippen LogP contribution >= 0.6 is 0 Å². The molecule has 1 atom stereocenters. The van der Waals surface area contributed by atoms with Crippen molar-refractivity contribution in [1.29, 1.82) is 0 Å². The zero-order valence-electron chi connectivity index (χ0n) is 21.3. The van der Waals surface area contributed by atoms with Gasteiger partial charge < -0.3 is 24.0 Å². The average Bonchev–Trinajstić information content (AvgIpc) is 3.46. The molecule has 1 amide bonds. The average molecular weight is 513 g/mol. The maximum atomic E-state index is 13.9. The van der Waals surface area contributed by atoms with Crippen LogP contribution in [0.15, 0.2) is 48.7 Å². The van der Waals surface area contributed by atoms with Crippen molar-refractivity contribution in [2.45, 2.75) is 52.2 Å². The Kier molecular flexibility index (Phi) is 7.25. The van der Waals surface area contributed by atoms with Gasteiger partial charge in [0.25, 0.3) is 0 Å². The fraction of sp³-hybridized carbons (Fsp3) is 0.357. The Morgan fingerprint density at radius 3 is 2.30 bits per heavy atom. The monoisotopic (exact) mass is 512 g/mol. The van der Waals surface area contributed by atoms with Crippen LogP contribution in [0.4, 0.5) is 13.6 Å². The number of carbonyl (C=O) groups excluding carboxylic acids is 1. The smallest absolute Gasteiger partial charge is 0.410 e. The number of amides is 1. The van der Waals surface area contributed by atoms with Gasteiger partial charge in [0.1, 0.15) is 11.4 Å². The number of likely N-dealkylation sites (tertiary alicyclic amines) is 1. The predicted molar refractivity (Wildman–Crippen MR) is 134 cm³/mol. The van der Waals surface area contributed by atoms with Gasteiger partial charge in [0.2, 0.25) is 0 Å². The van der Waals surface area contributed by atoms with Crippen molar-refractivity contribution < 1.29 is 33.0 Å². The molecule has 0 bridgehead atoms. The largest absolute Gasteiger partial charge is 0.478 e. The Morgan fingerprint density at radius 2 is 1.73 bits per heavy atom. The third-order valence-corrected chi connectivity index (χ3v) is 6.20. The number of para-hydroxylation sites is 1. The molecule has 1 aliphatic heterocycles. The van der Waals surface area contributed by atoms with E-state index in [1.54, 1.807) is 23.2 Å². The van der Waals surface area contributed by atoms with Crippen molar-refractivity contribution >= 4 is 12.1 Å². The van der Waals surface area contributed by atoms with Crippen LogP contribution in [-0.4, -0.2) is 45.3 Å². The van der Waals surface area contributed by atoms with Gasteiger partial charge in [-0.05, 0) is 63.4 Å². The van der Waals surface area contributed by atoms with Crippen molar-refractivity contribution in [3.63, 3.8) is 0 Å². The Hall–Kier alpha value is -3.88. The van der Waals surface area contributed by atoms with Crippen LogP contribution in [0.2, 0.25) is 0 Å². The fourth-order valence-electron chi connectivity index (χ4n) is 4.57. The SMILES string of the molecule is CCc1c(C(=O)O)c(-c2ccc(Oc3c(F)cccc3F)cc2)cn1[C@@H]1CCN(C(=O)OC(C)(C)C)C1. The highest BCUT2D eigenvalue weighted by molar-refractivity contribution is 5.97. The molecule has 4 rings (SSSR count). The Labute approximate surface area is 214 Å². The van der Waals surface area contributed by atoms with Gasteiger partial charge in [-0.15, -0.1) is 0 Å². The van der Waals surface area contributed by atoms with Crippen molar-refractivity contribution in [1.82, 2.24) is 9.47 Å². The molecule has 2 heterocycles. The summed E-state index contributed by atoms with van der Waals surface area (Å²) in [7, 11) is 0. The number of nitrogens with zero attached hydrogens (tertiary/aromatic N) is 2. The minimum atomic E-state index is -1.05. The van der Waals surface area contributed by atoms with E-state index in [0.717, 1.165) is 12.1 Å². The highest BCUT2D eigenvalue weighted by Gasteiger charge is 2.33. The Bertz CT molecular complexity index is 1290. The number of halogens is 2. The summed E-state index contributed by atoms with van der Waals surface area (Å²) in [6.07, 6.45) is 2.57. The number of hydrogen-bond acceptors (Lipinski definition) is 4. The number of ether oxygens (including phenoxy) is 2. The summed E-state index contributed by atoms with van der Waals surface area (Å²) in [4.78, 5) is 26.5. The highest BCUT2D eigenvalue weighted by Crippen LogP contribution is 2.36. The van der Waals surface area contributed by atoms with Crippen LogP contribution in [-0.2, 0) is 11.2 Å². The van der Waals surface area contributed by atoms with Gasteiger partial charge in [-0.1, -0.05) is 25.1 Å². The molecule has 3 aromatic rings. The molecule has 0 radical (unpaired) electrons. The van der Waals surface area contributed by atoms with Gasteiger partial charge in [0.05, 0.1) is 11.6 Å². The zero-order valence-corrected chi connectivity index (χ0v) is 21.3. The van der Waals surface area contributed by atoms with E-state index >= 15 is 0 Å². The molecule has 9 heteroatoms. The lowest BCUT2D eigenvalue weighted by Crippen LogP contribution is -2.35. The van der Waals surface area contributed by atoms with Crippen LogP contribution in [0.1, 0.15) is 56.2 Å². The van der Waals surface area contributed by atoms with Gasteiger partial charge in [0, 0.05) is 30.5 Å². The number of carbonyl (C=O) groups is 2. The first-order valence-electron chi connectivity index (χ1n) is 12.2. The van der Waals surface area contributed by atoms with Crippen LogP contribution in [0, 0.1) is 11.6 Å². The molecule has 7 nitrogen and oxygen atoms in total. The van der Waals surface area contributed by atoms with Crippen LogP contribution in [0.5, 0.6) is 11.5 Å². The second kappa shape index (κ2) is 10.2. The first kappa shape index (κ1) is 26.2. The van der Waals surface area contributed by atoms with E-state index in [9.17, 15) is 23.5 Å².